The molecule has 184 valence electrons. The normalized spacial score (nSPS) is 11.8. The summed E-state index contributed by atoms with van der Waals surface area (Å²) in [6, 6.07) is 11.7. The van der Waals surface area contributed by atoms with Crippen molar-refractivity contribution < 1.29 is 13.2 Å². The molecule has 2 aromatic carbocycles. The second-order valence-corrected chi connectivity index (χ2v) is 8.46. The minimum atomic E-state index is -1.25. The van der Waals surface area contributed by atoms with E-state index in [2.05, 4.69) is 30.9 Å². The van der Waals surface area contributed by atoms with Crippen molar-refractivity contribution in [2.24, 2.45) is 7.05 Å². The SMILES string of the molecule is Cn1cc([C@@H](Nc2cc(Cl)c3ncc(C#N)c(Nc4cnc(F)c(F)c4)c3c2)c2ccccc2F)nn1. The van der Waals surface area contributed by atoms with Gasteiger partial charge in [-0.15, -0.1) is 5.10 Å². The minimum absolute atomic E-state index is 0.112. The van der Waals surface area contributed by atoms with Crippen molar-refractivity contribution in [1.29, 1.82) is 5.26 Å². The van der Waals surface area contributed by atoms with Gasteiger partial charge in [-0.2, -0.15) is 9.65 Å². The van der Waals surface area contributed by atoms with E-state index < -0.39 is 23.6 Å². The summed E-state index contributed by atoms with van der Waals surface area (Å²) in [5, 5.41) is 24.6. The van der Waals surface area contributed by atoms with Crippen LogP contribution in [0, 0.1) is 28.9 Å². The van der Waals surface area contributed by atoms with Gasteiger partial charge in [0.1, 0.15) is 23.6 Å². The smallest absolute Gasteiger partial charge is 0.249 e. The van der Waals surface area contributed by atoms with Gasteiger partial charge in [-0.3, -0.25) is 9.67 Å². The van der Waals surface area contributed by atoms with Gasteiger partial charge in [0.15, 0.2) is 5.82 Å². The zero-order valence-corrected chi connectivity index (χ0v) is 19.8. The fourth-order valence-corrected chi connectivity index (χ4v) is 4.15. The van der Waals surface area contributed by atoms with E-state index >= 15 is 0 Å². The summed E-state index contributed by atoms with van der Waals surface area (Å²) in [5.41, 5.74) is 2.10. The highest BCUT2D eigenvalue weighted by molar-refractivity contribution is 6.36. The van der Waals surface area contributed by atoms with Crippen LogP contribution in [0.5, 0.6) is 0 Å². The first-order valence-electron chi connectivity index (χ1n) is 10.8. The number of nitriles is 1. The molecule has 0 radical (unpaired) electrons. The second kappa shape index (κ2) is 9.75. The predicted molar refractivity (Wildman–Crippen MR) is 132 cm³/mol. The molecule has 37 heavy (non-hydrogen) atoms. The van der Waals surface area contributed by atoms with E-state index in [0.29, 0.717) is 27.8 Å². The lowest BCUT2D eigenvalue weighted by Crippen LogP contribution is -2.15. The Morgan fingerprint density at radius 1 is 1.03 bits per heavy atom. The summed E-state index contributed by atoms with van der Waals surface area (Å²) in [6.07, 6.45) is 4.07. The summed E-state index contributed by atoms with van der Waals surface area (Å²) < 4.78 is 43.4. The molecular weight excluding hydrogens is 505 g/mol. The van der Waals surface area contributed by atoms with Crippen LogP contribution < -0.4 is 10.6 Å². The molecule has 0 aliphatic carbocycles. The van der Waals surface area contributed by atoms with Crippen molar-refractivity contribution in [2.45, 2.75) is 6.04 Å². The number of halogens is 4. The Kier molecular flexibility index (Phi) is 6.33. The van der Waals surface area contributed by atoms with Crippen molar-refractivity contribution >= 4 is 39.6 Å². The van der Waals surface area contributed by atoms with Gasteiger partial charge in [-0.25, -0.2) is 13.8 Å². The summed E-state index contributed by atoms with van der Waals surface area (Å²) in [6.45, 7) is 0. The molecule has 5 rings (SSSR count). The third-order valence-corrected chi connectivity index (χ3v) is 5.84. The first-order valence-corrected chi connectivity index (χ1v) is 11.2. The van der Waals surface area contributed by atoms with E-state index in [1.165, 1.54) is 16.9 Å². The number of hydrogen-bond acceptors (Lipinski definition) is 7. The Hall–Kier alpha value is -4.69. The minimum Gasteiger partial charge on any atom is -0.373 e. The number of rotatable bonds is 6. The molecule has 12 heteroatoms. The standard InChI is InChI=1S/C25H16ClF3N8/c1-37-12-21(35-36-37)24(16-4-2-3-5-19(16)27)33-14-6-17-22(34-15-8-20(28)25(29)32-11-15)13(9-30)10-31-23(17)18(26)7-14/h2-8,10-12,24,33H,1H3,(H,31,34)/t24-/m0/s1. The first kappa shape index (κ1) is 24.0. The Labute approximate surface area is 213 Å². The third kappa shape index (κ3) is 4.74. The molecule has 0 amide bonds. The van der Waals surface area contributed by atoms with E-state index in [1.54, 1.807) is 43.6 Å². The quantitative estimate of drug-likeness (QED) is 0.279. The van der Waals surface area contributed by atoms with Crippen LogP contribution in [0.15, 0.2) is 61.1 Å². The van der Waals surface area contributed by atoms with Crippen LogP contribution in [-0.4, -0.2) is 25.0 Å². The number of hydrogen-bond donors (Lipinski definition) is 2. The molecule has 3 aromatic heterocycles. The number of benzene rings is 2. The van der Waals surface area contributed by atoms with Crippen LogP contribution in [0.1, 0.15) is 22.9 Å². The van der Waals surface area contributed by atoms with Crippen molar-refractivity contribution in [3.05, 3.63) is 100 Å². The Morgan fingerprint density at radius 3 is 2.54 bits per heavy atom. The lowest BCUT2D eigenvalue weighted by Gasteiger charge is -2.20. The molecule has 0 saturated carbocycles. The van der Waals surface area contributed by atoms with Gasteiger partial charge in [0.2, 0.25) is 5.95 Å². The van der Waals surface area contributed by atoms with E-state index in [4.69, 9.17) is 11.6 Å². The maximum Gasteiger partial charge on any atom is 0.249 e. The second-order valence-electron chi connectivity index (χ2n) is 8.05. The van der Waals surface area contributed by atoms with E-state index in [-0.39, 0.29) is 22.0 Å². The van der Waals surface area contributed by atoms with Crippen LogP contribution in [0.2, 0.25) is 5.02 Å². The lowest BCUT2D eigenvalue weighted by atomic mass is 10.0. The zero-order valence-electron chi connectivity index (χ0n) is 19.0. The molecule has 2 N–H and O–H groups in total. The van der Waals surface area contributed by atoms with Crippen LogP contribution in [0.25, 0.3) is 10.9 Å². The summed E-state index contributed by atoms with van der Waals surface area (Å²) in [4.78, 5) is 7.65. The highest BCUT2D eigenvalue weighted by Gasteiger charge is 2.22. The third-order valence-electron chi connectivity index (χ3n) is 5.55. The fraction of sp³-hybridized carbons (Fsp3) is 0.0800. The molecule has 8 nitrogen and oxygen atoms in total. The largest absolute Gasteiger partial charge is 0.373 e. The molecule has 1 atom stereocenters. The topological polar surface area (TPSA) is 104 Å². The number of aryl methyl sites for hydroxylation is 1. The van der Waals surface area contributed by atoms with Crippen LogP contribution in [0.4, 0.5) is 30.2 Å². The summed E-state index contributed by atoms with van der Waals surface area (Å²) >= 11 is 6.55. The number of nitrogens with one attached hydrogen (secondary N) is 2. The predicted octanol–water partition coefficient (Wildman–Crippen LogP) is 5.65. The van der Waals surface area contributed by atoms with Gasteiger partial charge in [0, 0.05) is 35.9 Å². The van der Waals surface area contributed by atoms with Gasteiger partial charge in [0.05, 0.1) is 39.9 Å². The average molecular weight is 521 g/mol. The highest BCUT2D eigenvalue weighted by atomic mass is 35.5. The molecule has 3 heterocycles. The van der Waals surface area contributed by atoms with Crippen molar-refractivity contribution in [2.75, 3.05) is 10.6 Å². The fourth-order valence-electron chi connectivity index (χ4n) is 3.88. The van der Waals surface area contributed by atoms with E-state index in [9.17, 15) is 18.4 Å². The molecule has 5 aromatic rings. The maximum atomic E-state index is 14.8. The molecule has 0 bridgehead atoms. The molecule has 0 fully saturated rings. The van der Waals surface area contributed by atoms with Crippen molar-refractivity contribution in [3.63, 3.8) is 0 Å². The number of pyridine rings is 2. The van der Waals surface area contributed by atoms with Gasteiger partial charge >= 0.3 is 0 Å². The van der Waals surface area contributed by atoms with Crippen molar-refractivity contribution in [3.8, 4) is 6.07 Å². The monoisotopic (exact) mass is 520 g/mol. The van der Waals surface area contributed by atoms with Gasteiger partial charge in [-0.1, -0.05) is 35.0 Å². The Morgan fingerprint density at radius 2 is 1.84 bits per heavy atom. The Balaban J connectivity index is 1.63. The van der Waals surface area contributed by atoms with E-state index in [0.717, 1.165) is 12.3 Å². The number of fused-ring (bicyclic) bond motifs is 1. The first-order chi connectivity index (χ1) is 17.8. The summed E-state index contributed by atoms with van der Waals surface area (Å²) in [7, 11) is 1.70. The van der Waals surface area contributed by atoms with Gasteiger partial charge in [-0.05, 0) is 18.2 Å². The maximum absolute atomic E-state index is 14.8. The Bertz CT molecular complexity index is 1680. The van der Waals surface area contributed by atoms with Crippen LogP contribution in [0.3, 0.4) is 0 Å². The highest BCUT2D eigenvalue weighted by Crippen LogP contribution is 2.37. The van der Waals surface area contributed by atoms with Crippen molar-refractivity contribution in [1.82, 2.24) is 25.0 Å². The number of aromatic nitrogens is 5. The molecule has 0 aliphatic rings. The molecular formula is C25H16ClF3N8. The molecule has 0 aliphatic heterocycles. The van der Waals surface area contributed by atoms with E-state index in [1.807, 2.05) is 6.07 Å². The van der Waals surface area contributed by atoms with Crippen LogP contribution in [-0.2, 0) is 7.05 Å². The zero-order chi connectivity index (χ0) is 26.1. The number of nitrogens with zero attached hydrogens (tertiary/aromatic N) is 6. The molecule has 0 saturated heterocycles. The molecule has 0 spiro atoms. The molecule has 0 unspecified atom stereocenters. The average Bonchev–Trinajstić information content (AvgIpc) is 3.31. The summed E-state index contributed by atoms with van der Waals surface area (Å²) in [5.74, 6) is -2.85. The number of anilines is 3. The van der Waals surface area contributed by atoms with Gasteiger partial charge < -0.3 is 10.6 Å². The van der Waals surface area contributed by atoms with Gasteiger partial charge in [0.25, 0.3) is 0 Å². The van der Waals surface area contributed by atoms with Crippen LogP contribution >= 0.6 is 11.6 Å². The lowest BCUT2D eigenvalue weighted by molar-refractivity contribution is 0.480.